The van der Waals surface area contributed by atoms with E-state index < -0.39 is 5.82 Å². The second-order valence-corrected chi connectivity index (χ2v) is 8.49. The predicted molar refractivity (Wildman–Crippen MR) is 111 cm³/mol. The Bertz CT molecular complexity index is 1240. The van der Waals surface area contributed by atoms with E-state index in [1.54, 1.807) is 12.1 Å². The van der Waals surface area contributed by atoms with Crippen LogP contribution in [0.4, 0.5) is 10.1 Å². The number of halogens is 1. The Labute approximate surface area is 178 Å². The molecule has 0 fully saturated rings. The molecule has 10 heteroatoms. The minimum atomic E-state index is -0.456. The van der Waals surface area contributed by atoms with Gasteiger partial charge < -0.3 is 10.6 Å². The second-order valence-electron chi connectivity index (χ2n) is 8.49. The fourth-order valence-electron chi connectivity index (χ4n) is 4.94. The molecule has 0 bridgehead atoms. The van der Waals surface area contributed by atoms with Gasteiger partial charge in [-0.2, -0.15) is 15.5 Å². The van der Waals surface area contributed by atoms with Gasteiger partial charge in [0.05, 0.1) is 42.4 Å². The smallest absolute Gasteiger partial charge is 0.231 e. The number of nitriles is 1. The molecule has 5 rings (SSSR count). The Morgan fingerprint density at radius 1 is 1.32 bits per heavy atom. The van der Waals surface area contributed by atoms with Gasteiger partial charge in [0.1, 0.15) is 17.3 Å². The summed E-state index contributed by atoms with van der Waals surface area (Å²) >= 11 is 0. The topological polar surface area (TPSA) is 108 Å². The number of amides is 1. The number of hydrogen-bond donors (Lipinski definition) is 1. The number of anilines is 1. The number of hydrogen-bond acceptors (Lipinski definition) is 6. The van der Waals surface area contributed by atoms with E-state index in [1.807, 2.05) is 0 Å². The van der Waals surface area contributed by atoms with Crippen molar-refractivity contribution in [2.24, 2.45) is 5.73 Å². The standard InChI is InChI=1S/C21H23FN8O/c1-12-7-27(11-19(24)31)9-15-18-10-28(8-13(2)29(18)26-20(12)15)17-4-3-14(5-23)30-21(17)16(22)6-25-30/h3-4,6,12-13H,7-11H2,1-2H3,(H2,24,31)/t12?,13-/m1/s1. The Morgan fingerprint density at radius 3 is 2.87 bits per heavy atom. The van der Waals surface area contributed by atoms with Gasteiger partial charge in [0.15, 0.2) is 5.82 Å². The summed E-state index contributed by atoms with van der Waals surface area (Å²) in [6.45, 7) is 6.97. The van der Waals surface area contributed by atoms with Gasteiger partial charge in [0.25, 0.3) is 0 Å². The predicted octanol–water partition coefficient (Wildman–Crippen LogP) is 1.53. The van der Waals surface area contributed by atoms with Gasteiger partial charge in [-0.1, -0.05) is 6.92 Å². The number of aromatic nitrogens is 4. The van der Waals surface area contributed by atoms with Crippen LogP contribution in [-0.2, 0) is 17.9 Å². The van der Waals surface area contributed by atoms with E-state index in [0.29, 0.717) is 30.8 Å². The van der Waals surface area contributed by atoms with E-state index in [1.165, 1.54) is 4.52 Å². The minimum absolute atomic E-state index is 0.0767. The van der Waals surface area contributed by atoms with Crippen LogP contribution in [0.3, 0.4) is 0 Å². The van der Waals surface area contributed by atoms with Crippen molar-refractivity contribution in [3.8, 4) is 6.07 Å². The van der Waals surface area contributed by atoms with Crippen molar-refractivity contribution >= 4 is 17.1 Å². The summed E-state index contributed by atoms with van der Waals surface area (Å²) in [5.41, 5.74) is 9.95. The molecule has 2 atom stereocenters. The van der Waals surface area contributed by atoms with Crippen LogP contribution < -0.4 is 10.6 Å². The molecule has 2 N–H and O–H groups in total. The first-order valence-electron chi connectivity index (χ1n) is 10.3. The number of carbonyl (C=O) groups is 1. The molecule has 1 unspecified atom stereocenters. The van der Waals surface area contributed by atoms with E-state index in [9.17, 15) is 14.4 Å². The monoisotopic (exact) mass is 422 g/mol. The molecule has 5 heterocycles. The maximum Gasteiger partial charge on any atom is 0.231 e. The lowest BCUT2D eigenvalue weighted by Crippen LogP contribution is -2.40. The van der Waals surface area contributed by atoms with E-state index in [0.717, 1.165) is 29.7 Å². The van der Waals surface area contributed by atoms with Crippen LogP contribution in [0.25, 0.3) is 5.52 Å². The van der Waals surface area contributed by atoms with Crippen LogP contribution in [0.5, 0.6) is 0 Å². The molecule has 9 nitrogen and oxygen atoms in total. The molecule has 0 spiro atoms. The number of carbonyl (C=O) groups excluding carboxylic acids is 1. The molecule has 1 amide bonds. The lowest BCUT2D eigenvalue weighted by molar-refractivity contribution is -0.119. The number of nitrogens with two attached hydrogens (primary N) is 1. The largest absolute Gasteiger partial charge is 0.369 e. The molecule has 0 radical (unpaired) electrons. The fraction of sp³-hybridized carbons (Fsp3) is 0.429. The SMILES string of the molecule is CC1CN(CC(N)=O)Cc2c1nn1c2CN(c2ccc(C#N)n3ncc(F)c23)C[C@H]1C. The van der Waals surface area contributed by atoms with Crippen molar-refractivity contribution in [1.29, 1.82) is 5.26 Å². The minimum Gasteiger partial charge on any atom is -0.369 e. The second kappa shape index (κ2) is 7.06. The van der Waals surface area contributed by atoms with E-state index in [2.05, 4.69) is 39.5 Å². The molecule has 31 heavy (non-hydrogen) atoms. The number of primary amides is 1. The number of pyridine rings is 1. The molecular weight excluding hydrogens is 399 g/mol. The van der Waals surface area contributed by atoms with Crippen molar-refractivity contribution in [1.82, 2.24) is 24.3 Å². The third-order valence-corrected chi connectivity index (χ3v) is 6.20. The highest BCUT2D eigenvalue weighted by Crippen LogP contribution is 2.36. The lowest BCUT2D eigenvalue weighted by Gasteiger charge is -2.35. The van der Waals surface area contributed by atoms with Gasteiger partial charge in [-0.25, -0.2) is 8.91 Å². The summed E-state index contributed by atoms with van der Waals surface area (Å²) in [6, 6.07) is 5.58. The zero-order chi connectivity index (χ0) is 21.9. The molecule has 3 aromatic heterocycles. The van der Waals surface area contributed by atoms with E-state index in [4.69, 9.17) is 10.8 Å². The molecule has 160 valence electrons. The Balaban J connectivity index is 1.56. The van der Waals surface area contributed by atoms with Gasteiger partial charge in [0, 0.05) is 31.1 Å². The van der Waals surface area contributed by atoms with Crippen molar-refractivity contribution in [2.75, 3.05) is 24.5 Å². The third-order valence-electron chi connectivity index (χ3n) is 6.20. The molecule has 0 aliphatic carbocycles. The van der Waals surface area contributed by atoms with Crippen molar-refractivity contribution in [3.05, 3.63) is 46.8 Å². The Hall–Kier alpha value is -3.45. The lowest BCUT2D eigenvalue weighted by atomic mass is 9.95. The Morgan fingerprint density at radius 2 is 2.13 bits per heavy atom. The molecule has 0 saturated carbocycles. The van der Waals surface area contributed by atoms with Crippen molar-refractivity contribution in [3.63, 3.8) is 0 Å². The van der Waals surface area contributed by atoms with Crippen molar-refractivity contribution < 1.29 is 9.18 Å². The average molecular weight is 422 g/mol. The first-order chi connectivity index (χ1) is 14.9. The van der Waals surface area contributed by atoms with Gasteiger partial charge in [0.2, 0.25) is 5.91 Å². The molecule has 3 aromatic rings. The van der Waals surface area contributed by atoms with Crippen molar-refractivity contribution in [2.45, 2.75) is 38.9 Å². The average Bonchev–Trinajstić information content (AvgIpc) is 3.29. The maximum atomic E-state index is 14.6. The van der Waals surface area contributed by atoms with Gasteiger partial charge in [-0.05, 0) is 19.1 Å². The summed E-state index contributed by atoms with van der Waals surface area (Å²) in [6.07, 6.45) is 1.14. The first kappa shape index (κ1) is 19.5. The summed E-state index contributed by atoms with van der Waals surface area (Å²) in [5, 5.41) is 18.3. The van der Waals surface area contributed by atoms with Crippen LogP contribution >= 0.6 is 0 Å². The molecular formula is C21H23FN8O. The van der Waals surface area contributed by atoms with Crippen LogP contribution in [-0.4, -0.2) is 49.8 Å². The third kappa shape index (κ3) is 3.04. The van der Waals surface area contributed by atoms with Crippen LogP contribution in [0.15, 0.2) is 18.3 Å². The van der Waals surface area contributed by atoms with Crippen LogP contribution in [0.1, 0.15) is 48.5 Å². The maximum absolute atomic E-state index is 14.6. The van der Waals surface area contributed by atoms with Gasteiger partial charge >= 0.3 is 0 Å². The van der Waals surface area contributed by atoms with Crippen LogP contribution in [0, 0.1) is 17.1 Å². The van der Waals surface area contributed by atoms with E-state index >= 15 is 0 Å². The molecule has 0 aromatic carbocycles. The molecule has 0 saturated heterocycles. The summed E-state index contributed by atoms with van der Waals surface area (Å²) in [7, 11) is 0. The summed E-state index contributed by atoms with van der Waals surface area (Å²) in [4.78, 5) is 15.6. The quantitative estimate of drug-likeness (QED) is 0.686. The highest BCUT2D eigenvalue weighted by atomic mass is 19.1. The van der Waals surface area contributed by atoms with Gasteiger partial charge in [-0.15, -0.1) is 0 Å². The summed E-state index contributed by atoms with van der Waals surface area (Å²) in [5.74, 6) is -0.610. The number of fused-ring (bicyclic) bond motifs is 4. The normalized spacial score (nSPS) is 21.0. The highest BCUT2D eigenvalue weighted by Gasteiger charge is 2.35. The van der Waals surface area contributed by atoms with Gasteiger partial charge in [-0.3, -0.25) is 14.4 Å². The zero-order valence-corrected chi connectivity index (χ0v) is 17.4. The Kier molecular flexibility index (Phi) is 4.44. The van der Waals surface area contributed by atoms with E-state index in [-0.39, 0.29) is 30.1 Å². The summed E-state index contributed by atoms with van der Waals surface area (Å²) < 4.78 is 18.0. The fourth-order valence-corrected chi connectivity index (χ4v) is 4.94. The molecule has 2 aliphatic heterocycles. The first-order valence-corrected chi connectivity index (χ1v) is 10.3. The molecule has 2 aliphatic rings. The highest BCUT2D eigenvalue weighted by molar-refractivity contribution is 5.76. The zero-order valence-electron chi connectivity index (χ0n) is 17.4. The number of rotatable bonds is 3. The number of nitrogens with zero attached hydrogens (tertiary/aromatic N) is 7. The van der Waals surface area contributed by atoms with Crippen LogP contribution in [0.2, 0.25) is 0 Å².